The predicted molar refractivity (Wildman–Crippen MR) is 63.5 cm³/mol. The number of aromatic nitrogens is 1. The zero-order chi connectivity index (χ0) is 12.0. The van der Waals surface area contributed by atoms with Crippen molar-refractivity contribution in [3.8, 4) is 5.88 Å². The zero-order valence-electron chi connectivity index (χ0n) is 9.89. The molecule has 0 aromatic carbocycles. The fourth-order valence-corrected chi connectivity index (χ4v) is 1.76. The van der Waals surface area contributed by atoms with E-state index in [0.717, 1.165) is 12.1 Å². The molecule has 1 aromatic rings. The molecule has 0 aliphatic rings. The molecule has 0 fully saturated rings. The molecule has 2 unspecified atom stereocenters. The summed E-state index contributed by atoms with van der Waals surface area (Å²) in [7, 11) is 1.59. The fraction of sp³-hybridized carbons (Fsp3) is 0.583. The third-order valence-electron chi connectivity index (χ3n) is 2.76. The second kappa shape index (κ2) is 6.45. The number of nitrogens with two attached hydrogens (primary N) is 1. The topological polar surface area (TPSA) is 68.4 Å². The molecule has 0 bridgehead atoms. The van der Waals surface area contributed by atoms with Gasteiger partial charge in [0.15, 0.2) is 0 Å². The van der Waals surface area contributed by atoms with Crippen molar-refractivity contribution in [2.24, 2.45) is 5.73 Å². The number of aliphatic hydroxyl groups excluding tert-OH is 1. The Bertz CT molecular complexity index is 318. The van der Waals surface area contributed by atoms with E-state index in [9.17, 15) is 0 Å². The smallest absolute Gasteiger partial charge is 0.213 e. The second-order valence-corrected chi connectivity index (χ2v) is 3.80. The van der Waals surface area contributed by atoms with Crippen molar-refractivity contribution in [1.29, 1.82) is 0 Å². The lowest BCUT2D eigenvalue weighted by atomic mass is 9.91. The summed E-state index contributed by atoms with van der Waals surface area (Å²) >= 11 is 0. The molecule has 0 spiro atoms. The largest absolute Gasteiger partial charge is 0.481 e. The van der Waals surface area contributed by atoms with Crippen molar-refractivity contribution in [1.82, 2.24) is 4.98 Å². The highest BCUT2D eigenvalue weighted by Crippen LogP contribution is 2.23. The van der Waals surface area contributed by atoms with Crippen molar-refractivity contribution in [2.75, 3.05) is 13.7 Å². The SMILES string of the molecule is CCC(N)C(CCO)c1cccc(OC)n1. The normalized spacial score (nSPS) is 14.5. The lowest BCUT2D eigenvalue weighted by Crippen LogP contribution is -2.29. The van der Waals surface area contributed by atoms with Gasteiger partial charge in [0.25, 0.3) is 0 Å². The van der Waals surface area contributed by atoms with Gasteiger partial charge in [-0.1, -0.05) is 13.0 Å². The molecule has 0 aliphatic carbocycles. The van der Waals surface area contributed by atoms with Gasteiger partial charge in [0.05, 0.1) is 7.11 Å². The molecule has 0 radical (unpaired) electrons. The van der Waals surface area contributed by atoms with Crippen LogP contribution in [0.3, 0.4) is 0 Å². The molecule has 0 saturated heterocycles. The summed E-state index contributed by atoms with van der Waals surface area (Å²) in [5.74, 6) is 0.675. The summed E-state index contributed by atoms with van der Waals surface area (Å²) in [6.07, 6.45) is 1.50. The minimum absolute atomic E-state index is 0.0201. The summed E-state index contributed by atoms with van der Waals surface area (Å²) in [5.41, 5.74) is 6.93. The molecule has 1 aromatic heterocycles. The van der Waals surface area contributed by atoms with Crippen molar-refractivity contribution in [2.45, 2.75) is 31.7 Å². The van der Waals surface area contributed by atoms with Gasteiger partial charge in [0, 0.05) is 30.3 Å². The van der Waals surface area contributed by atoms with Gasteiger partial charge in [-0.3, -0.25) is 0 Å². The van der Waals surface area contributed by atoms with Crippen molar-refractivity contribution < 1.29 is 9.84 Å². The summed E-state index contributed by atoms with van der Waals surface area (Å²) in [4.78, 5) is 4.37. The molecule has 0 amide bonds. The molecule has 4 nitrogen and oxygen atoms in total. The second-order valence-electron chi connectivity index (χ2n) is 3.80. The minimum Gasteiger partial charge on any atom is -0.481 e. The van der Waals surface area contributed by atoms with Gasteiger partial charge >= 0.3 is 0 Å². The third kappa shape index (κ3) is 3.18. The van der Waals surface area contributed by atoms with E-state index in [0.29, 0.717) is 12.3 Å². The monoisotopic (exact) mass is 224 g/mol. The first-order valence-electron chi connectivity index (χ1n) is 5.60. The maximum Gasteiger partial charge on any atom is 0.213 e. The van der Waals surface area contributed by atoms with Crippen LogP contribution in [0.5, 0.6) is 5.88 Å². The van der Waals surface area contributed by atoms with E-state index in [1.54, 1.807) is 13.2 Å². The van der Waals surface area contributed by atoms with Crippen LogP contribution >= 0.6 is 0 Å². The molecule has 4 heteroatoms. The van der Waals surface area contributed by atoms with Gasteiger partial charge in [-0.15, -0.1) is 0 Å². The van der Waals surface area contributed by atoms with Crippen molar-refractivity contribution in [3.63, 3.8) is 0 Å². The van der Waals surface area contributed by atoms with Gasteiger partial charge in [-0.25, -0.2) is 4.98 Å². The Morgan fingerprint density at radius 1 is 1.50 bits per heavy atom. The molecular weight excluding hydrogens is 204 g/mol. The van der Waals surface area contributed by atoms with Gasteiger partial charge < -0.3 is 15.6 Å². The molecule has 3 N–H and O–H groups in total. The van der Waals surface area contributed by atoms with Crippen LogP contribution in [0.15, 0.2) is 18.2 Å². The Balaban J connectivity index is 2.90. The third-order valence-corrected chi connectivity index (χ3v) is 2.76. The summed E-state index contributed by atoms with van der Waals surface area (Å²) in [5, 5.41) is 9.05. The van der Waals surface area contributed by atoms with Crippen LogP contribution in [0, 0.1) is 0 Å². The highest BCUT2D eigenvalue weighted by molar-refractivity contribution is 5.19. The zero-order valence-corrected chi connectivity index (χ0v) is 9.89. The lowest BCUT2D eigenvalue weighted by Gasteiger charge is -2.21. The molecule has 90 valence electrons. The lowest BCUT2D eigenvalue weighted by molar-refractivity contribution is 0.264. The Hall–Kier alpha value is -1.13. The van der Waals surface area contributed by atoms with Crippen LogP contribution < -0.4 is 10.5 Å². The van der Waals surface area contributed by atoms with E-state index < -0.39 is 0 Å². The average Bonchev–Trinajstić information content (AvgIpc) is 2.35. The van der Waals surface area contributed by atoms with Crippen LogP contribution in [0.2, 0.25) is 0 Å². The van der Waals surface area contributed by atoms with Crippen LogP contribution in [0.1, 0.15) is 31.4 Å². The Morgan fingerprint density at radius 2 is 2.25 bits per heavy atom. The minimum atomic E-state index is 0.0201. The standard InChI is InChI=1S/C12H20N2O2/c1-3-10(13)9(7-8-15)11-5-4-6-12(14-11)16-2/h4-6,9-10,15H,3,7-8,13H2,1-2H3. The number of hydrogen-bond donors (Lipinski definition) is 2. The average molecular weight is 224 g/mol. The van der Waals surface area contributed by atoms with E-state index in [-0.39, 0.29) is 18.6 Å². The highest BCUT2D eigenvalue weighted by Gasteiger charge is 2.19. The van der Waals surface area contributed by atoms with Crippen molar-refractivity contribution >= 4 is 0 Å². The van der Waals surface area contributed by atoms with Gasteiger partial charge in [-0.2, -0.15) is 0 Å². The number of nitrogens with zero attached hydrogens (tertiary/aromatic N) is 1. The molecule has 1 rings (SSSR count). The fourth-order valence-electron chi connectivity index (χ4n) is 1.76. The summed E-state index contributed by atoms with van der Waals surface area (Å²) in [6.45, 7) is 2.16. The predicted octanol–water partition coefficient (Wildman–Crippen LogP) is 1.29. The van der Waals surface area contributed by atoms with Gasteiger partial charge in [-0.05, 0) is 18.9 Å². The summed E-state index contributed by atoms with van der Waals surface area (Å²) in [6, 6.07) is 5.65. The number of rotatable bonds is 6. The maximum atomic E-state index is 9.05. The van der Waals surface area contributed by atoms with Crippen molar-refractivity contribution in [3.05, 3.63) is 23.9 Å². The molecule has 0 aliphatic heterocycles. The van der Waals surface area contributed by atoms with E-state index in [2.05, 4.69) is 4.98 Å². The molecule has 0 saturated carbocycles. The Kier molecular flexibility index (Phi) is 5.22. The Labute approximate surface area is 96.5 Å². The highest BCUT2D eigenvalue weighted by atomic mass is 16.5. The molecule has 1 heterocycles. The van der Waals surface area contributed by atoms with E-state index in [1.165, 1.54) is 0 Å². The van der Waals surface area contributed by atoms with Gasteiger partial charge in [0.1, 0.15) is 0 Å². The van der Waals surface area contributed by atoms with Gasteiger partial charge in [0.2, 0.25) is 5.88 Å². The first-order valence-corrected chi connectivity index (χ1v) is 5.60. The van der Waals surface area contributed by atoms with E-state index in [1.807, 2.05) is 19.1 Å². The number of pyridine rings is 1. The first kappa shape index (κ1) is 12.9. The number of ether oxygens (including phenoxy) is 1. The van der Waals surface area contributed by atoms with Crippen LogP contribution in [0.25, 0.3) is 0 Å². The quantitative estimate of drug-likeness (QED) is 0.764. The van der Waals surface area contributed by atoms with Crippen LogP contribution in [0.4, 0.5) is 0 Å². The van der Waals surface area contributed by atoms with Crippen LogP contribution in [-0.2, 0) is 0 Å². The Morgan fingerprint density at radius 3 is 2.81 bits per heavy atom. The number of aliphatic hydroxyl groups is 1. The van der Waals surface area contributed by atoms with Crippen LogP contribution in [-0.4, -0.2) is 29.8 Å². The summed E-state index contributed by atoms with van der Waals surface area (Å²) < 4.78 is 5.08. The molecule has 16 heavy (non-hydrogen) atoms. The molecule has 2 atom stereocenters. The number of methoxy groups -OCH3 is 1. The van der Waals surface area contributed by atoms with E-state index >= 15 is 0 Å². The molecular formula is C12H20N2O2. The number of hydrogen-bond acceptors (Lipinski definition) is 4. The first-order chi connectivity index (χ1) is 7.72. The maximum absolute atomic E-state index is 9.05. The van der Waals surface area contributed by atoms with E-state index in [4.69, 9.17) is 15.6 Å².